The topological polar surface area (TPSA) is 64.0 Å². The number of hydrogen-bond acceptors (Lipinski definition) is 4. The van der Waals surface area contributed by atoms with E-state index >= 15 is 0 Å². The van der Waals surface area contributed by atoms with Crippen LogP contribution < -0.4 is 5.32 Å². The van der Waals surface area contributed by atoms with Gasteiger partial charge >= 0.3 is 0 Å². The van der Waals surface area contributed by atoms with E-state index in [0.29, 0.717) is 12.6 Å². The van der Waals surface area contributed by atoms with Gasteiger partial charge in [0.25, 0.3) is 0 Å². The van der Waals surface area contributed by atoms with E-state index in [9.17, 15) is 8.42 Å². The van der Waals surface area contributed by atoms with Gasteiger partial charge in [0.15, 0.2) is 9.84 Å². The van der Waals surface area contributed by atoms with Crippen molar-refractivity contribution < 1.29 is 8.42 Å². The molecule has 6 heteroatoms. The maximum absolute atomic E-state index is 11.3. The first-order valence-corrected chi connectivity index (χ1v) is 8.44. The van der Waals surface area contributed by atoms with E-state index in [1.54, 1.807) is 6.08 Å². The molecule has 1 aromatic heterocycles. The second-order valence-corrected chi connectivity index (χ2v) is 6.83. The number of nitrogens with one attached hydrogen (secondary N) is 1. The lowest BCUT2D eigenvalue weighted by Gasteiger charge is -2.12. The summed E-state index contributed by atoms with van der Waals surface area (Å²) in [5.74, 6) is 0.153. The zero-order chi connectivity index (χ0) is 13.9. The van der Waals surface area contributed by atoms with Gasteiger partial charge in [-0.15, -0.1) is 0 Å². The molecular weight excluding hydrogens is 262 g/mol. The maximum Gasteiger partial charge on any atom is 0.173 e. The molecule has 0 bridgehead atoms. The molecule has 1 aliphatic rings. The van der Waals surface area contributed by atoms with Crippen molar-refractivity contribution in [3.8, 4) is 0 Å². The number of hydrogen-bond donors (Lipinski definition) is 1. The summed E-state index contributed by atoms with van der Waals surface area (Å²) in [4.78, 5) is 0. The fourth-order valence-electron chi connectivity index (χ4n) is 2.28. The summed E-state index contributed by atoms with van der Waals surface area (Å²) in [5, 5.41) is 9.02. The molecule has 0 saturated carbocycles. The van der Waals surface area contributed by atoms with Gasteiger partial charge in [-0.05, 0) is 18.9 Å². The molecule has 0 fully saturated rings. The minimum Gasteiger partial charge on any atom is -0.304 e. The second-order valence-electron chi connectivity index (χ2n) is 4.90. The average Bonchev–Trinajstić information content (AvgIpc) is 2.95. The fourth-order valence-corrected chi connectivity index (χ4v) is 3.55. The predicted octanol–water partition coefficient (Wildman–Crippen LogP) is 1.64. The molecule has 1 aromatic rings. The SMILES string of the molecule is CCC(CC)n1ccc(CNC2C=CS(=O)(=O)C2)n1. The highest BCUT2D eigenvalue weighted by atomic mass is 32.2. The van der Waals surface area contributed by atoms with Gasteiger partial charge in [-0.2, -0.15) is 5.10 Å². The highest BCUT2D eigenvalue weighted by Crippen LogP contribution is 2.14. The number of aromatic nitrogens is 2. The molecule has 1 atom stereocenters. The van der Waals surface area contributed by atoms with Crippen molar-refractivity contribution in [2.75, 3.05) is 5.75 Å². The van der Waals surface area contributed by atoms with Crippen LogP contribution in [0.2, 0.25) is 0 Å². The van der Waals surface area contributed by atoms with Crippen molar-refractivity contribution >= 4 is 9.84 Å². The predicted molar refractivity (Wildman–Crippen MR) is 75.4 cm³/mol. The summed E-state index contributed by atoms with van der Waals surface area (Å²) in [6, 6.07) is 2.34. The first-order chi connectivity index (χ1) is 9.04. The molecule has 19 heavy (non-hydrogen) atoms. The average molecular weight is 283 g/mol. The zero-order valence-corrected chi connectivity index (χ0v) is 12.2. The van der Waals surface area contributed by atoms with E-state index in [-0.39, 0.29) is 11.8 Å². The third-order valence-electron chi connectivity index (χ3n) is 3.46. The molecule has 2 heterocycles. The summed E-state index contributed by atoms with van der Waals surface area (Å²) in [6.07, 6.45) is 5.83. The van der Waals surface area contributed by atoms with Crippen LogP contribution in [0.4, 0.5) is 0 Å². The maximum atomic E-state index is 11.3. The summed E-state index contributed by atoms with van der Waals surface area (Å²) in [5.41, 5.74) is 0.949. The Morgan fingerprint density at radius 2 is 2.21 bits per heavy atom. The van der Waals surface area contributed by atoms with Gasteiger partial charge in [0.05, 0.1) is 17.5 Å². The van der Waals surface area contributed by atoms with Gasteiger partial charge < -0.3 is 5.32 Å². The van der Waals surface area contributed by atoms with Crippen LogP contribution >= 0.6 is 0 Å². The highest BCUT2D eigenvalue weighted by molar-refractivity contribution is 7.94. The highest BCUT2D eigenvalue weighted by Gasteiger charge is 2.21. The fraction of sp³-hybridized carbons (Fsp3) is 0.615. The van der Waals surface area contributed by atoms with Crippen LogP contribution in [0.15, 0.2) is 23.7 Å². The lowest BCUT2D eigenvalue weighted by Crippen LogP contribution is -2.29. The monoisotopic (exact) mass is 283 g/mol. The van der Waals surface area contributed by atoms with Crippen LogP contribution in [0.5, 0.6) is 0 Å². The summed E-state index contributed by atoms with van der Waals surface area (Å²) in [6.45, 7) is 4.90. The van der Waals surface area contributed by atoms with Crippen LogP contribution in [0.3, 0.4) is 0 Å². The number of nitrogens with zero attached hydrogens (tertiary/aromatic N) is 2. The van der Waals surface area contributed by atoms with Gasteiger partial charge in [-0.1, -0.05) is 19.9 Å². The lowest BCUT2D eigenvalue weighted by molar-refractivity contribution is 0.423. The van der Waals surface area contributed by atoms with Crippen LogP contribution in [0.1, 0.15) is 38.4 Å². The molecule has 5 nitrogen and oxygen atoms in total. The van der Waals surface area contributed by atoms with Crippen LogP contribution in [0.25, 0.3) is 0 Å². The summed E-state index contributed by atoms with van der Waals surface area (Å²) >= 11 is 0. The minimum atomic E-state index is -2.98. The van der Waals surface area contributed by atoms with Gasteiger partial charge in [0.1, 0.15) is 0 Å². The molecule has 0 aromatic carbocycles. The van der Waals surface area contributed by atoms with Gasteiger partial charge in [0.2, 0.25) is 0 Å². The van der Waals surface area contributed by atoms with Crippen LogP contribution in [-0.2, 0) is 16.4 Å². The zero-order valence-electron chi connectivity index (χ0n) is 11.4. The van der Waals surface area contributed by atoms with Crippen molar-refractivity contribution in [3.63, 3.8) is 0 Å². The Morgan fingerprint density at radius 3 is 2.79 bits per heavy atom. The molecule has 0 aliphatic carbocycles. The van der Waals surface area contributed by atoms with Crippen LogP contribution in [0, 0.1) is 0 Å². The number of sulfone groups is 1. The van der Waals surface area contributed by atoms with E-state index in [1.165, 1.54) is 5.41 Å². The van der Waals surface area contributed by atoms with Gasteiger partial charge in [0, 0.05) is 24.2 Å². The van der Waals surface area contributed by atoms with E-state index in [1.807, 2.05) is 16.9 Å². The van der Waals surface area contributed by atoms with E-state index in [2.05, 4.69) is 24.3 Å². The Labute approximate surface area is 114 Å². The molecule has 0 spiro atoms. The Kier molecular flexibility index (Phi) is 4.42. The van der Waals surface area contributed by atoms with E-state index < -0.39 is 9.84 Å². The van der Waals surface area contributed by atoms with Crippen molar-refractivity contribution in [2.24, 2.45) is 0 Å². The van der Waals surface area contributed by atoms with E-state index in [4.69, 9.17) is 0 Å². The van der Waals surface area contributed by atoms with Crippen LogP contribution in [-0.4, -0.2) is 30.0 Å². The van der Waals surface area contributed by atoms with Gasteiger partial charge in [-0.3, -0.25) is 4.68 Å². The van der Waals surface area contributed by atoms with Gasteiger partial charge in [-0.25, -0.2) is 8.42 Å². The molecule has 0 saturated heterocycles. The smallest absolute Gasteiger partial charge is 0.173 e. The number of rotatable bonds is 6. The first kappa shape index (κ1) is 14.3. The van der Waals surface area contributed by atoms with Crippen molar-refractivity contribution in [2.45, 2.75) is 45.3 Å². The summed E-state index contributed by atoms with van der Waals surface area (Å²) < 4.78 is 24.6. The Balaban J connectivity index is 1.89. The minimum absolute atomic E-state index is 0.0942. The van der Waals surface area contributed by atoms with Crippen molar-refractivity contribution in [1.82, 2.24) is 15.1 Å². The Bertz CT molecular complexity index is 544. The molecule has 106 valence electrons. The second kappa shape index (κ2) is 5.88. The van der Waals surface area contributed by atoms with Crippen molar-refractivity contribution in [1.29, 1.82) is 0 Å². The first-order valence-electron chi connectivity index (χ1n) is 6.72. The normalized spacial score (nSPS) is 21.3. The standard InChI is InChI=1S/C13H21N3O2S/c1-3-13(4-2)16-7-5-11(15-16)9-14-12-6-8-19(17,18)10-12/h5-8,12-14H,3-4,9-10H2,1-2H3. The molecule has 1 N–H and O–H groups in total. The third-order valence-corrected chi connectivity index (χ3v) is 4.85. The van der Waals surface area contributed by atoms with Crippen molar-refractivity contribution in [3.05, 3.63) is 29.4 Å². The molecule has 1 unspecified atom stereocenters. The third kappa shape index (κ3) is 3.67. The molecule has 1 aliphatic heterocycles. The molecular formula is C13H21N3O2S. The molecule has 2 rings (SSSR count). The molecule has 0 amide bonds. The molecule has 0 radical (unpaired) electrons. The Hall–Kier alpha value is -1.14. The lowest BCUT2D eigenvalue weighted by atomic mass is 10.2. The van der Waals surface area contributed by atoms with E-state index in [0.717, 1.165) is 18.5 Å². The summed E-state index contributed by atoms with van der Waals surface area (Å²) in [7, 11) is -2.98. The Morgan fingerprint density at radius 1 is 1.47 bits per heavy atom. The quantitative estimate of drug-likeness (QED) is 0.862. The largest absolute Gasteiger partial charge is 0.304 e.